The second-order valence-electron chi connectivity index (χ2n) is 8.32. The molecule has 5 aromatic carbocycles. The summed E-state index contributed by atoms with van der Waals surface area (Å²) in [7, 11) is 0. The second kappa shape index (κ2) is 11.0. The van der Waals surface area contributed by atoms with Crippen molar-refractivity contribution in [3.05, 3.63) is 174 Å². The SMILES string of the molecule is C(=Cc1ccc(N(C=C(c2ccccc2)c2ccccc2)c2ccccc2)cc1)c1ccccc1. The normalized spacial score (nSPS) is 10.7. The number of benzene rings is 5. The van der Waals surface area contributed by atoms with Crippen molar-refractivity contribution in [1.29, 1.82) is 0 Å². The zero-order chi connectivity index (χ0) is 23.7. The van der Waals surface area contributed by atoms with E-state index in [1.54, 1.807) is 0 Å². The van der Waals surface area contributed by atoms with Crippen molar-refractivity contribution in [2.24, 2.45) is 0 Å². The van der Waals surface area contributed by atoms with Gasteiger partial charge in [0.1, 0.15) is 0 Å². The van der Waals surface area contributed by atoms with Crippen LogP contribution in [0.1, 0.15) is 22.3 Å². The Morgan fingerprint density at radius 2 is 0.800 bits per heavy atom. The zero-order valence-corrected chi connectivity index (χ0v) is 19.5. The predicted octanol–water partition coefficient (Wildman–Crippen LogP) is 9.08. The van der Waals surface area contributed by atoms with Crippen LogP contribution in [-0.2, 0) is 0 Å². The van der Waals surface area contributed by atoms with E-state index in [2.05, 4.69) is 163 Å². The molecule has 0 aromatic heterocycles. The Kier molecular flexibility index (Phi) is 6.97. The molecule has 0 radical (unpaired) electrons. The first kappa shape index (κ1) is 22.2. The van der Waals surface area contributed by atoms with E-state index in [1.165, 1.54) is 27.8 Å². The third kappa shape index (κ3) is 5.66. The molecule has 5 rings (SSSR count). The van der Waals surface area contributed by atoms with E-state index in [-0.39, 0.29) is 0 Å². The fraction of sp³-hybridized carbons (Fsp3) is 0. The van der Waals surface area contributed by atoms with Gasteiger partial charge in [-0.3, -0.25) is 0 Å². The summed E-state index contributed by atoms with van der Waals surface area (Å²) >= 11 is 0. The van der Waals surface area contributed by atoms with Gasteiger partial charge in [0.25, 0.3) is 0 Å². The number of nitrogens with zero attached hydrogens (tertiary/aromatic N) is 1. The van der Waals surface area contributed by atoms with Crippen LogP contribution < -0.4 is 4.90 Å². The smallest absolute Gasteiger partial charge is 0.0456 e. The van der Waals surface area contributed by atoms with Gasteiger partial charge >= 0.3 is 0 Å². The van der Waals surface area contributed by atoms with Gasteiger partial charge in [0, 0.05) is 23.1 Å². The van der Waals surface area contributed by atoms with Crippen molar-refractivity contribution in [1.82, 2.24) is 0 Å². The average molecular weight is 450 g/mol. The highest BCUT2D eigenvalue weighted by atomic mass is 15.1. The molecule has 0 bridgehead atoms. The second-order valence-corrected chi connectivity index (χ2v) is 8.32. The Morgan fingerprint density at radius 1 is 0.400 bits per heavy atom. The van der Waals surface area contributed by atoms with Crippen LogP contribution in [0.25, 0.3) is 17.7 Å². The van der Waals surface area contributed by atoms with Crippen molar-refractivity contribution in [3.8, 4) is 0 Å². The summed E-state index contributed by atoms with van der Waals surface area (Å²) in [6.07, 6.45) is 6.54. The maximum Gasteiger partial charge on any atom is 0.0456 e. The van der Waals surface area contributed by atoms with Gasteiger partial charge in [0.05, 0.1) is 0 Å². The minimum Gasteiger partial charge on any atom is -0.317 e. The van der Waals surface area contributed by atoms with E-state index in [1.807, 2.05) is 6.07 Å². The molecule has 1 heteroatoms. The summed E-state index contributed by atoms with van der Waals surface area (Å²) in [6.45, 7) is 0. The lowest BCUT2D eigenvalue weighted by Gasteiger charge is -2.23. The van der Waals surface area contributed by atoms with Gasteiger partial charge in [-0.1, -0.05) is 133 Å². The summed E-state index contributed by atoms with van der Waals surface area (Å²) in [5.74, 6) is 0. The summed E-state index contributed by atoms with van der Waals surface area (Å²) in [5, 5.41) is 0. The third-order valence-corrected chi connectivity index (χ3v) is 5.90. The van der Waals surface area contributed by atoms with E-state index in [0.717, 1.165) is 11.4 Å². The Balaban J connectivity index is 1.55. The van der Waals surface area contributed by atoms with Gasteiger partial charge in [-0.15, -0.1) is 0 Å². The number of rotatable bonds is 7. The molecule has 0 amide bonds. The highest BCUT2D eigenvalue weighted by Crippen LogP contribution is 2.31. The fourth-order valence-electron chi connectivity index (χ4n) is 4.07. The van der Waals surface area contributed by atoms with Crippen LogP contribution >= 0.6 is 0 Å². The zero-order valence-electron chi connectivity index (χ0n) is 19.5. The Morgan fingerprint density at radius 3 is 1.31 bits per heavy atom. The topological polar surface area (TPSA) is 3.24 Å². The van der Waals surface area contributed by atoms with Crippen LogP contribution in [0.4, 0.5) is 11.4 Å². The van der Waals surface area contributed by atoms with Gasteiger partial charge in [0.2, 0.25) is 0 Å². The van der Waals surface area contributed by atoms with E-state index >= 15 is 0 Å². The van der Waals surface area contributed by atoms with Crippen molar-refractivity contribution in [2.45, 2.75) is 0 Å². The lowest BCUT2D eigenvalue weighted by Crippen LogP contribution is -2.10. The van der Waals surface area contributed by atoms with Crippen LogP contribution in [-0.4, -0.2) is 0 Å². The molecule has 0 N–H and O–H groups in total. The van der Waals surface area contributed by atoms with Crippen LogP contribution in [0.5, 0.6) is 0 Å². The number of anilines is 2. The first-order valence-corrected chi connectivity index (χ1v) is 11.9. The Bertz CT molecular complexity index is 1340. The van der Waals surface area contributed by atoms with Crippen molar-refractivity contribution < 1.29 is 0 Å². The highest BCUT2D eigenvalue weighted by Gasteiger charge is 2.11. The van der Waals surface area contributed by atoms with Crippen molar-refractivity contribution in [2.75, 3.05) is 4.90 Å². The van der Waals surface area contributed by atoms with Crippen LogP contribution in [0.3, 0.4) is 0 Å². The summed E-state index contributed by atoms with van der Waals surface area (Å²) in [4.78, 5) is 2.26. The van der Waals surface area contributed by atoms with Gasteiger partial charge in [0.15, 0.2) is 0 Å². The maximum atomic E-state index is 2.26. The van der Waals surface area contributed by atoms with Crippen LogP contribution in [0.15, 0.2) is 152 Å². The number of para-hydroxylation sites is 1. The van der Waals surface area contributed by atoms with Gasteiger partial charge in [-0.25, -0.2) is 0 Å². The van der Waals surface area contributed by atoms with E-state index < -0.39 is 0 Å². The first-order chi connectivity index (χ1) is 17.4. The van der Waals surface area contributed by atoms with Crippen LogP contribution in [0.2, 0.25) is 0 Å². The molecule has 0 atom stereocenters. The molecule has 168 valence electrons. The Labute approximate surface area is 208 Å². The molecular formula is C34H27N. The number of hydrogen-bond acceptors (Lipinski definition) is 1. The summed E-state index contributed by atoms with van der Waals surface area (Å²) < 4.78 is 0. The van der Waals surface area contributed by atoms with Gasteiger partial charge in [-0.2, -0.15) is 0 Å². The molecule has 1 nitrogen and oxygen atoms in total. The Hall–Kier alpha value is -4.62. The largest absolute Gasteiger partial charge is 0.317 e. The lowest BCUT2D eigenvalue weighted by molar-refractivity contribution is 1.28. The van der Waals surface area contributed by atoms with E-state index in [9.17, 15) is 0 Å². The molecule has 0 aliphatic carbocycles. The molecular weight excluding hydrogens is 422 g/mol. The summed E-state index contributed by atoms with van der Waals surface area (Å²) in [5.41, 5.74) is 8.12. The molecule has 0 aliphatic heterocycles. The minimum absolute atomic E-state index is 1.11. The van der Waals surface area contributed by atoms with Crippen molar-refractivity contribution in [3.63, 3.8) is 0 Å². The van der Waals surface area contributed by atoms with Crippen molar-refractivity contribution >= 4 is 29.1 Å². The molecule has 0 unspecified atom stereocenters. The molecule has 0 heterocycles. The van der Waals surface area contributed by atoms with Crippen LogP contribution in [0, 0.1) is 0 Å². The molecule has 0 saturated heterocycles. The predicted molar refractivity (Wildman–Crippen MR) is 150 cm³/mol. The minimum atomic E-state index is 1.11. The molecule has 35 heavy (non-hydrogen) atoms. The maximum absolute atomic E-state index is 2.26. The third-order valence-electron chi connectivity index (χ3n) is 5.90. The van der Waals surface area contributed by atoms with E-state index in [0.29, 0.717) is 0 Å². The molecule has 0 spiro atoms. The average Bonchev–Trinajstić information content (AvgIpc) is 2.95. The van der Waals surface area contributed by atoms with Gasteiger partial charge < -0.3 is 4.90 Å². The molecule has 0 fully saturated rings. The summed E-state index contributed by atoms with van der Waals surface area (Å²) in [6, 6.07) is 50.7. The highest BCUT2D eigenvalue weighted by molar-refractivity contribution is 5.84. The lowest BCUT2D eigenvalue weighted by atomic mass is 9.98. The van der Waals surface area contributed by atoms with E-state index in [4.69, 9.17) is 0 Å². The quantitative estimate of drug-likeness (QED) is 0.224. The first-order valence-electron chi connectivity index (χ1n) is 11.9. The fourth-order valence-corrected chi connectivity index (χ4v) is 4.07. The molecule has 0 aliphatic rings. The molecule has 0 saturated carbocycles. The standard InChI is InChI=1S/C34H27N/c1-5-13-28(14-6-1)21-22-29-23-25-33(26-24-29)35(32-19-11-4-12-20-32)27-34(30-15-7-2-8-16-30)31-17-9-3-10-18-31/h1-27H. The monoisotopic (exact) mass is 449 g/mol. The molecule has 5 aromatic rings. The van der Waals surface area contributed by atoms with Gasteiger partial charge in [-0.05, 0) is 46.5 Å². The number of hydrogen-bond donors (Lipinski definition) is 0.